The average Bonchev–Trinajstić information content (AvgIpc) is 3.41. The van der Waals surface area contributed by atoms with Crippen LogP contribution < -0.4 is 5.32 Å². The van der Waals surface area contributed by atoms with Crippen LogP contribution >= 0.6 is 0 Å². The molecule has 0 saturated carbocycles. The minimum absolute atomic E-state index is 0.00648. The monoisotopic (exact) mass is 452 g/mol. The summed E-state index contributed by atoms with van der Waals surface area (Å²) in [6.07, 6.45) is 4.20. The predicted octanol–water partition coefficient (Wildman–Crippen LogP) is 2.43. The van der Waals surface area contributed by atoms with Crippen molar-refractivity contribution in [2.24, 2.45) is 0 Å². The van der Waals surface area contributed by atoms with Crippen LogP contribution in [0.3, 0.4) is 0 Å². The normalized spacial score (nSPS) is 21.3. The van der Waals surface area contributed by atoms with Gasteiger partial charge < -0.3 is 20.4 Å². The smallest absolute Gasteiger partial charge is 0.407 e. The number of rotatable bonds is 7. The maximum atomic E-state index is 12.2. The fraction of sp³-hybridized carbons (Fsp3) is 0.417. The lowest BCUT2D eigenvalue weighted by Crippen LogP contribution is -2.44. The van der Waals surface area contributed by atoms with Crippen molar-refractivity contribution in [2.75, 3.05) is 18.4 Å². The van der Waals surface area contributed by atoms with E-state index in [0.29, 0.717) is 43.5 Å². The Kier molecular flexibility index (Phi) is 6.88. The van der Waals surface area contributed by atoms with E-state index >= 15 is 0 Å². The molecule has 2 aliphatic heterocycles. The second kappa shape index (κ2) is 9.99. The number of carboxylic acid groups (broad SMARTS) is 1. The number of aliphatic hydroxyl groups excluding tert-OH is 1. The quantitative estimate of drug-likeness (QED) is 0.593. The summed E-state index contributed by atoms with van der Waals surface area (Å²) in [7, 11) is 0. The number of carbonyl (C=O) groups excluding carboxylic acids is 2. The zero-order chi connectivity index (χ0) is 23.4. The van der Waals surface area contributed by atoms with Gasteiger partial charge in [0.15, 0.2) is 0 Å². The van der Waals surface area contributed by atoms with Crippen molar-refractivity contribution < 1.29 is 24.6 Å². The van der Waals surface area contributed by atoms with Gasteiger partial charge in [0.25, 0.3) is 0 Å². The number of anilines is 1. The summed E-state index contributed by atoms with van der Waals surface area (Å²) in [6, 6.07) is 9.98. The first kappa shape index (κ1) is 22.7. The number of likely N-dealkylation sites (tertiary alicyclic amines) is 2. The molecule has 3 N–H and O–H groups in total. The third-order valence-electron chi connectivity index (χ3n) is 6.37. The third kappa shape index (κ3) is 5.31. The van der Waals surface area contributed by atoms with Gasteiger partial charge in [-0.2, -0.15) is 0 Å². The summed E-state index contributed by atoms with van der Waals surface area (Å²) in [4.78, 5) is 42.8. The molecule has 174 valence electrons. The van der Waals surface area contributed by atoms with Crippen molar-refractivity contribution in [1.82, 2.24) is 14.8 Å². The number of amides is 3. The maximum absolute atomic E-state index is 12.2. The molecule has 0 unspecified atom stereocenters. The molecule has 0 bridgehead atoms. The topological polar surface area (TPSA) is 123 Å². The summed E-state index contributed by atoms with van der Waals surface area (Å²) in [5.74, 6) is -0.231. The fourth-order valence-electron chi connectivity index (χ4n) is 4.73. The number of carbonyl (C=O) groups is 3. The average molecular weight is 453 g/mol. The third-order valence-corrected chi connectivity index (χ3v) is 6.37. The van der Waals surface area contributed by atoms with Crippen LogP contribution in [0.4, 0.5) is 10.5 Å². The van der Waals surface area contributed by atoms with Crippen LogP contribution in [0, 0.1) is 0 Å². The van der Waals surface area contributed by atoms with E-state index in [1.807, 2.05) is 12.1 Å². The van der Waals surface area contributed by atoms with Gasteiger partial charge in [-0.3, -0.25) is 19.5 Å². The van der Waals surface area contributed by atoms with Crippen molar-refractivity contribution in [3.63, 3.8) is 0 Å². The molecule has 1 aromatic heterocycles. The summed E-state index contributed by atoms with van der Waals surface area (Å²) in [5.41, 5.74) is 2.17. The molecule has 0 radical (unpaired) electrons. The molecule has 0 spiro atoms. The molecule has 2 fully saturated rings. The van der Waals surface area contributed by atoms with Crippen molar-refractivity contribution in [3.8, 4) is 0 Å². The number of nitrogens with zero attached hydrogens (tertiary/aromatic N) is 3. The van der Waals surface area contributed by atoms with E-state index in [1.165, 1.54) is 4.90 Å². The number of nitrogens with one attached hydrogen (secondary N) is 1. The van der Waals surface area contributed by atoms with Crippen LogP contribution in [-0.4, -0.2) is 68.1 Å². The summed E-state index contributed by atoms with van der Waals surface area (Å²) >= 11 is 0. The number of hydrogen-bond acceptors (Lipinski definition) is 5. The standard InChI is InChI=1S/C24H28N4O5/c29-21(15-27-12-2-4-22(27)30)26-18-7-5-16(6-8-18)13-19-9-10-20(28(19)24(32)33)23(31)17-3-1-11-25-14-17/h1,3,5-8,11,14,19-20,23,31H,2,4,9-10,12-13,15H2,(H,26,29)(H,32,33)/t19-,20+,23+/m0/s1. The van der Waals surface area contributed by atoms with E-state index in [4.69, 9.17) is 0 Å². The van der Waals surface area contributed by atoms with E-state index in [1.54, 1.807) is 41.6 Å². The van der Waals surface area contributed by atoms with E-state index < -0.39 is 18.2 Å². The minimum atomic E-state index is -1.05. The lowest BCUT2D eigenvalue weighted by atomic mass is 10.0. The number of benzene rings is 1. The van der Waals surface area contributed by atoms with Gasteiger partial charge in [0.1, 0.15) is 6.10 Å². The molecule has 1 aromatic carbocycles. The second-order valence-electron chi connectivity index (χ2n) is 8.59. The molecular formula is C24H28N4O5. The van der Waals surface area contributed by atoms with Gasteiger partial charge in [-0.1, -0.05) is 18.2 Å². The van der Waals surface area contributed by atoms with Crippen LogP contribution in [0.15, 0.2) is 48.8 Å². The number of aromatic nitrogens is 1. The molecule has 3 heterocycles. The predicted molar refractivity (Wildman–Crippen MR) is 120 cm³/mol. The molecule has 9 nitrogen and oxygen atoms in total. The Bertz CT molecular complexity index is 998. The molecule has 2 aliphatic rings. The molecule has 3 amide bonds. The Balaban J connectivity index is 1.36. The second-order valence-corrected chi connectivity index (χ2v) is 8.59. The minimum Gasteiger partial charge on any atom is -0.465 e. The highest BCUT2D eigenvalue weighted by Crippen LogP contribution is 2.34. The van der Waals surface area contributed by atoms with Gasteiger partial charge in [-0.05, 0) is 49.4 Å². The highest BCUT2D eigenvalue weighted by Gasteiger charge is 2.41. The summed E-state index contributed by atoms with van der Waals surface area (Å²) in [5, 5.41) is 23.4. The van der Waals surface area contributed by atoms with E-state index in [0.717, 1.165) is 12.0 Å². The van der Waals surface area contributed by atoms with Gasteiger partial charge in [0.05, 0.1) is 12.6 Å². The van der Waals surface area contributed by atoms with Crippen LogP contribution in [0.2, 0.25) is 0 Å². The molecular weight excluding hydrogens is 424 g/mol. The van der Waals surface area contributed by atoms with Crippen molar-refractivity contribution >= 4 is 23.6 Å². The van der Waals surface area contributed by atoms with Gasteiger partial charge in [-0.25, -0.2) is 4.79 Å². The zero-order valence-electron chi connectivity index (χ0n) is 18.3. The van der Waals surface area contributed by atoms with Crippen LogP contribution in [0.5, 0.6) is 0 Å². The van der Waals surface area contributed by atoms with Crippen molar-refractivity contribution in [2.45, 2.75) is 50.3 Å². The number of hydrogen-bond donors (Lipinski definition) is 3. The molecule has 33 heavy (non-hydrogen) atoms. The van der Waals surface area contributed by atoms with Gasteiger partial charge in [0.2, 0.25) is 11.8 Å². The van der Waals surface area contributed by atoms with E-state index in [-0.39, 0.29) is 24.4 Å². The number of aliphatic hydroxyl groups is 1. The number of pyridine rings is 1. The highest BCUT2D eigenvalue weighted by molar-refractivity contribution is 5.94. The summed E-state index contributed by atoms with van der Waals surface area (Å²) in [6.45, 7) is 0.667. The fourth-order valence-corrected chi connectivity index (χ4v) is 4.73. The molecule has 2 aromatic rings. The van der Waals surface area contributed by atoms with Crippen molar-refractivity contribution in [1.29, 1.82) is 0 Å². The summed E-state index contributed by atoms with van der Waals surface area (Å²) < 4.78 is 0. The molecule has 2 saturated heterocycles. The Morgan fingerprint density at radius 1 is 1.18 bits per heavy atom. The van der Waals surface area contributed by atoms with Crippen LogP contribution in [0.1, 0.15) is 42.9 Å². The molecule has 0 aliphatic carbocycles. The van der Waals surface area contributed by atoms with Gasteiger partial charge in [-0.15, -0.1) is 0 Å². The van der Waals surface area contributed by atoms with Crippen LogP contribution in [0.25, 0.3) is 0 Å². The highest BCUT2D eigenvalue weighted by atomic mass is 16.4. The Morgan fingerprint density at radius 3 is 2.61 bits per heavy atom. The Labute approximate surface area is 192 Å². The van der Waals surface area contributed by atoms with Crippen LogP contribution in [-0.2, 0) is 16.0 Å². The lowest BCUT2D eigenvalue weighted by molar-refractivity contribution is -0.131. The first-order chi connectivity index (χ1) is 15.9. The van der Waals surface area contributed by atoms with E-state index in [9.17, 15) is 24.6 Å². The Morgan fingerprint density at radius 2 is 1.97 bits per heavy atom. The molecule has 3 atom stereocenters. The van der Waals surface area contributed by atoms with Gasteiger partial charge >= 0.3 is 6.09 Å². The first-order valence-corrected chi connectivity index (χ1v) is 11.2. The van der Waals surface area contributed by atoms with E-state index in [2.05, 4.69) is 10.3 Å². The van der Waals surface area contributed by atoms with Crippen molar-refractivity contribution in [3.05, 3.63) is 59.9 Å². The molecule has 4 rings (SSSR count). The maximum Gasteiger partial charge on any atom is 0.407 e. The zero-order valence-corrected chi connectivity index (χ0v) is 18.3. The largest absolute Gasteiger partial charge is 0.465 e. The lowest BCUT2D eigenvalue weighted by Gasteiger charge is -2.30. The first-order valence-electron chi connectivity index (χ1n) is 11.2. The molecule has 9 heteroatoms. The SMILES string of the molecule is O=C(CN1CCCC1=O)Nc1ccc(C[C@@H]2CC[C@H]([C@H](O)c3cccnc3)N2C(=O)O)cc1. The van der Waals surface area contributed by atoms with Gasteiger partial charge in [0, 0.05) is 42.7 Å². The Hall–Kier alpha value is -3.46.